The second-order valence-electron chi connectivity index (χ2n) is 4.54. The SMILES string of the molecule is Cc1cc([N+](=O)[O-])c(Cl)cc1N(C)c1ccccc1C#N. The number of anilines is 2. The highest BCUT2D eigenvalue weighted by molar-refractivity contribution is 6.33. The van der Waals surface area contributed by atoms with E-state index in [0.29, 0.717) is 22.5 Å². The van der Waals surface area contributed by atoms with Crippen LogP contribution in [0.5, 0.6) is 0 Å². The van der Waals surface area contributed by atoms with E-state index < -0.39 is 4.92 Å². The molecule has 0 saturated heterocycles. The highest BCUT2D eigenvalue weighted by atomic mass is 35.5. The molecule has 0 atom stereocenters. The molecule has 2 rings (SSSR count). The Morgan fingerprint density at radius 3 is 2.57 bits per heavy atom. The smallest absolute Gasteiger partial charge is 0.288 e. The largest absolute Gasteiger partial charge is 0.343 e. The van der Waals surface area contributed by atoms with E-state index in [9.17, 15) is 10.1 Å². The summed E-state index contributed by atoms with van der Waals surface area (Å²) >= 11 is 5.97. The van der Waals surface area contributed by atoms with Crippen molar-refractivity contribution in [1.29, 1.82) is 5.26 Å². The first-order chi connectivity index (χ1) is 9.95. The zero-order valence-electron chi connectivity index (χ0n) is 11.5. The van der Waals surface area contributed by atoms with Crippen molar-refractivity contribution in [2.45, 2.75) is 6.92 Å². The van der Waals surface area contributed by atoms with E-state index in [-0.39, 0.29) is 10.7 Å². The molecule has 0 radical (unpaired) electrons. The molecule has 0 fully saturated rings. The molecule has 0 heterocycles. The minimum Gasteiger partial charge on any atom is -0.343 e. The van der Waals surface area contributed by atoms with E-state index in [1.165, 1.54) is 6.07 Å². The lowest BCUT2D eigenvalue weighted by Crippen LogP contribution is -2.12. The molecule has 0 bridgehead atoms. The van der Waals surface area contributed by atoms with Gasteiger partial charge in [0.05, 0.1) is 16.2 Å². The third kappa shape index (κ3) is 2.81. The molecule has 2 aromatic carbocycles. The first-order valence-electron chi connectivity index (χ1n) is 6.13. The normalized spacial score (nSPS) is 10.0. The first kappa shape index (κ1) is 14.8. The Balaban J connectivity index is 2.54. The second kappa shape index (κ2) is 5.81. The van der Waals surface area contributed by atoms with Crippen LogP contribution in [-0.4, -0.2) is 12.0 Å². The van der Waals surface area contributed by atoms with Crippen molar-refractivity contribution >= 4 is 28.7 Å². The fourth-order valence-electron chi connectivity index (χ4n) is 2.15. The maximum absolute atomic E-state index is 10.9. The number of halogens is 1. The lowest BCUT2D eigenvalue weighted by atomic mass is 10.1. The van der Waals surface area contributed by atoms with Gasteiger partial charge < -0.3 is 4.90 Å². The summed E-state index contributed by atoms with van der Waals surface area (Å²) in [6.45, 7) is 1.77. The van der Waals surface area contributed by atoms with Crippen LogP contribution in [0, 0.1) is 28.4 Å². The monoisotopic (exact) mass is 301 g/mol. The molecule has 0 aromatic heterocycles. The molecule has 0 amide bonds. The fraction of sp³-hybridized carbons (Fsp3) is 0.133. The van der Waals surface area contributed by atoms with Gasteiger partial charge in [-0.15, -0.1) is 0 Å². The number of aryl methyl sites for hydroxylation is 1. The first-order valence-corrected chi connectivity index (χ1v) is 6.51. The van der Waals surface area contributed by atoms with Gasteiger partial charge in [0, 0.05) is 18.8 Å². The number of nitrogens with zero attached hydrogens (tertiary/aromatic N) is 3. The van der Waals surface area contributed by atoms with Crippen molar-refractivity contribution in [1.82, 2.24) is 0 Å². The van der Waals surface area contributed by atoms with E-state index in [1.54, 1.807) is 37.1 Å². The van der Waals surface area contributed by atoms with Crippen LogP contribution in [-0.2, 0) is 0 Å². The minimum atomic E-state index is -0.512. The number of nitriles is 1. The molecule has 0 aliphatic heterocycles. The van der Waals surface area contributed by atoms with Gasteiger partial charge in [-0.3, -0.25) is 10.1 Å². The number of benzene rings is 2. The predicted molar refractivity (Wildman–Crippen MR) is 82.1 cm³/mol. The summed E-state index contributed by atoms with van der Waals surface area (Å²) in [4.78, 5) is 12.2. The number of hydrogen-bond donors (Lipinski definition) is 0. The van der Waals surface area contributed by atoms with Crippen LogP contribution in [0.15, 0.2) is 36.4 Å². The molecule has 5 nitrogen and oxygen atoms in total. The second-order valence-corrected chi connectivity index (χ2v) is 4.94. The van der Waals surface area contributed by atoms with Crippen molar-refractivity contribution in [3.8, 4) is 6.07 Å². The standard InChI is InChI=1S/C15H12ClN3O2/c1-10-7-15(19(20)21)12(16)8-14(10)18(2)13-6-4-3-5-11(13)9-17/h3-8H,1-2H3. The molecule has 21 heavy (non-hydrogen) atoms. The Hall–Kier alpha value is -2.58. The number of rotatable bonds is 3. The molecule has 0 aliphatic rings. The molecular weight excluding hydrogens is 290 g/mol. The number of para-hydroxylation sites is 1. The Labute approximate surface area is 127 Å². The molecule has 0 spiro atoms. The van der Waals surface area contributed by atoms with E-state index in [4.69, 9.17) is 16.9 Å². The number of nitro benzene ring substituents is 1. The summed E-state index contributed by atoms with van der Waals surface area (Å²) in [6, 6.07) is 12.2. The predicted octanol–water partition coefficient (Wildman–Crippen LogP) is 4.20. The highest BCUT2D eigenvalue weighted by Crippen LogP contribution is 2.35. The van der Waals surface area contributed by atoms with E-state index in [2.05, 4.69) is 6.07 Å². The fourth-order valence-corrected chi connectivity index (χ4v) is 2.37. The summed E-state index contributed by atoms with van der Waals surface area (Å²) in [7, 11) is 1.79. The van der Waals surface area contributed by atoms with Gasteiger partial charge in [-0.2, -0.15) is 5.26 Å². The summed E-state index contributed by atoms with van der Waals surface area (Å²) in [5.74, 6) is 0. The van der Waals surface area contributed by atoms with Crippen LogP contribution >= 0.6 is 11.6 Å². The number of nitro groups is 1. The van der Waals surface area contributed by atoms with Gasteiger partial charge in [0.25, 0.3) is 5.69 Å². The highest BCUT2D eigenvalue weighted by Gasteiger charge is 2.18. The van der Waals surface area contributed by atoms with E-state index >= 15 is 0 Å². The Morgan fingerprint density at radius 2 is 1.95 bits per heavy atom. The van der Waals surface area contributed by atoms with Gasteiger partial charge >= 0.3 is 0 Å². The molecule has 106 valence electrons. The van der Waals surface area contributed by atoms with Crippen LogP contribution in [0.25, 0.3) is 0 Å². The Kier molecular flexibility index (Phi) is 4.10. The molecule has 6 heteroatoms. The maximum Gasteiger partial charge on any atom is 0.288 e. The van der Waals surface area contributed by atoms with E-state index in [1.807, 2.05) is 12.1 Å². The minimum absolute atomic E-state index is 0.0712. The summed E-state index contributed by atoms with van der Waals surface area (Å²) in [5.41, 5.74) is 2.54. The maximum atomic E-state index is 10.9. The van der Waals surface area contributed by atoms with Crippen LogP contribution in [0.4, 0.5) is 17.1 Å². The lowest BCUT2D eigenvalue weighted by molar-refractivity contribution is -0.384. The van der Waals surface area contributed by atoms with Crippen LogP contribution < -0.4 is 4.90 Å². The molecule has 0 N–H and O–H groups in total. The molecule has 0 unspecified atom stereocenters. The van der Waals surface area contributed by atoms with Gasteiger partial charge in [-0.1, -0.05) is 23.7 Å². The van der Waals surface area contributed by atoms with Crippen molar-refractivity contribution < 1.29 is 4.92 Å². The van der Waals surface area contributed by atoms with Crippen molar-refractivity contribution in [2.75, 3.05) is 11.9 Å². The Bertz CT molecular complexity index is 753. The molecule has 0 saturated carbocycles. The van der Waals surface area contributed by atoms with Gasteiger partial charge in [0.2, 0.25) is 0 Å². The molecule has 2 aromatic rings. The summed E-state index contributed by atoms with van der Waals surface area (Å²) in [5, 5.41) is 20.1. The average molecular weight is 302 g/mol. The third-order valence-electron chi connectivity index (χ3n) is 3.21. The van der Waals surface area contributed by atoms with Gasteiger partial charge in [0.15, 0.2) is 0 Å². The summed E-state index contributed by atoms with van der Waals surface area (Å²) in [6.07, 6.45) is 0. The van der Waals surface area contributed by atoms with Gasteiger partial charge in [0.1, 0.15) is 11.1 Å². The molecule has 0 aliphatic carbocycles. The van der Waals surface area contributed by atoms with Crippen molar-refractivity contribution in [3.05, 3.63) is 62.7 Å². The quantitative estimate of drug-likeness (QED) is 0.629. The topological polar surface area (TPSA) is 70.2 Å². The third-order valence-corrected chi connectivity index (χ3v) is 3.51. The average Bonchev–Trinajstić information content (AvgIpc) is 2.48. The zero-order chi connectivity index (χ0) is 15.6. The van der Waals surface area contributed by atoms with Gasteiger partial charge in [-0.25, -0.2) is 0 Å². The van der Waals surface area contributed by atoms with Crippen molar-refractivity contribution in [2.24, 2.45) is 0 Å². The van der Waals surface area contributed by atoms with Crippen LogP contribution in [0.2, 0.25) is 5.02 Å². The van der Waals surface area contributed by atoms with Crippen LogP contribution in [0.1, 0.15) is 11.1 Å². The molecular formula is C15H12ClN3O2. The van der Waals surface area contributed by atoms with Gasteiger partial charge in [-0.05, 0) is 30.7 Å². The number of hydrogen-bond acceptors (Lipinski definition) is 4. The lowest BCUT2D eigenvalue weighted by Gasteiger charge is -2.22. The summed E-state index contributed by atoms with van der Waals surface area (Å²) < 4.78 is 0. The van der Waals surface area contributed by atoms with Crippen molar-refractivity contribution in [3.63, 3.8) is 0 Å². The zero-order valence-corrected chi connectivity index (χ0v) is 12.3. The van der Waals surface area contributed by atoms with E-state index in [0.717, 1.165) is 0 Å². The van der Waals surface area contributed by atoms with Crippen LogP contribution in [0.3, 0.4) is 0 Å². The Morgan fingerprint density at radius 1 is 1.29 bits per heavy atom.